The fourth-order valence-corrected chi connectivity index (χ4v) is 4.29. The van der Waals surface area contributed by atoms with Gasteiger partial charge in [-0.15, -0.1) is 11.3 Å². The van der Waals surface area contributed by atoms with Crippen LogP contribution in [0.5, 0.6) is 5.75 Å². The van der Waals surface area contributed by atoms with Crippen LogP contribution < -0.4 is 4.74 Å². The number of hydrogen-bond acceptors (Lipinski definition) is 7. The van der Waals surface area contributed by atoms with Gasteiger partial charge in [0.05, 0.1) is 16.5 Å². The highest BCUT2D eigenvalue weighted by Crippen LogP contribution is 2.17. The maximum Gasteiger partial charge on any atom is 0.246 e. The van der Waals surface area contributed by atoms with Gasteiger partial charge in [-0.1, -0.05) is 12.1 Å². The number of carbonyl (C=O) groups is 1. The van der Waals surface area contributed by atoms with Crippen LogP contribution in [0.1, 0.15) is 16.3 Å². The van der Waals surface area contributed by atoms with Gasteiger partial charge in [-0.05, 0) is 30.7 Å². The molecule has 9 heteroatoms. The lowest BCUT2D eigenvalue weighted by atomic mass is 10.2. The van der Waals surface area contributed by atoms with Crippen molar-refractivity contribution in [3.05, 3.63) is 52.0 Å². The molecule has 1 fully saturated rings. The SMILES string of the molecule is Cc1nc(COc2cccc(/C=C/C(=O)N3CCN(CCS(C)(=O)=O)CC3)c2)cs1. The highest BCUT2D eigenvalue weighted by Gasteiger charge is 2.20. The maximum atomic E-state index is 12.5. The summed E-state index contributed by atoms with van der Waals surface area (Å²) in [5, 5.41) is 3.00. The van der Waals surface area contributed by atoms with Gasteiger partial charge in [0.1, 0.15) is 22.2 Å². The molecule has 1 amide bonds. The Morgan fingerprint density at radius 3 is 2.70 bits per heavy atom. The molecule has 2 aromatic rings. The van der Waals surface area contributed by atoms with E-state index in [1.54, 1.807) is 28.4 Å². The zero-order valence-corrected chi connectivity index (χ0v) is 18.9. The standard InChI is InChI=1S/C21H27N3O4S2/c1-17-22-19(16-29-17)15-28-20-5-3-4-18(14-20)6-7-21(25)24-10-8-23(9-11-24)12-13-30(2,26)27/h3-7,14,16H,8-13,15H2,1-2H3/b7-6+. The van der Waals surface area contributed by atoms with Crippen LogP contribution in [0, 0.1) is 6.92 Å². The van der Waals surface area contributed by atoms with Crippen molar-refractivity contribution < 1.29 is 17.9 Å². The predicted octanol–water partition coefficient (Wildman–Crippen LogP) is 2.23. The Morgan fingerprint density at radius 2 is 2.03 bits per heavy atom. The van der Waals surface area contributed by atoms with E-state index >= 15 is 0 Å². The van der Waals surface area contributed by atoms with Crippen molar-refractivity contribution in [1.82, 2.24) is 14.8 Å². The molecule has 0 aliphatic carbocycles. The molecule has 1 aromatic heterocycles. The van der Waals surface area contributed by atoms with Gasteiger partial charge in [-0.3, -0.25) is 9.69 Å². The third kappa shape index (κ3) is 7.23. The van der Waals surface area contributed by atoms with Crippen molar-refractivity contribution in [3.8, 4) is 5.75 Å². The molecule has 30 heavy (non-hydrogen) atoms. The smallest absolute Gasteiger partial charge is 0.246 e. The molecule has 1 aliphatic rings. The highest BCUT2D eigenvalue weighted by molar-refractivity contribution is 7.90. The number of carbonyl (C=O) groups excluding carboxylic acids is 1. The van der Waals surface area contributed by atoms with Crippen LogP contribution in [0.25, 0.3) is 6.08 Å². The first kappa shape index (κ1) is 22.5. The monoisotopic (exact) mass is 449 g/mol. The number of benzene rings is 1. The van der Waals surface area contributed by atoms with E-state index in [0.29, 0.717) is 39.3 Å². The van der Waals surface area contributed by atoms with Crippen LogP contribution in [-0.4, -0.2) is 73.8 Å². The van der Waals surface area contributed by atoms with Gasteiger partial charge < -0.3 is 9.64 Å². The molecule has 2 heterocycles. The van der Waals surface area contributed by atoms with Gasteiger partial charge in [-0.2, -0.15) is 0 Å². The quantitative estimate of drug-likeness (QED) is 0.575. The molecule has 3 rings (SSSR count). The van der Waals surface area contributed by atoms with Crippen LogP contribution in [0.2, 0.25) is 0 Å². The summed E-state index contributed by atoms with van der Waals surface area (Å²) >= 11 is 1.60. The summed E-state index contributed by atoms with van der Waals surface area (Å²) in [6.45, 7) is 5.48. The summed E-state index contributed by atoms with van der Waals surface area (Å²) in [6.07, 6.45) is 4.62. The molecule has 0 unspecified atom stereocenters. The molecular weight excluding hydrogens is 422 g/mol. The number of piperazine rings is 1. The molecule has 1 saturated heterocycles. The average molecular weight is 450 g/mol. The minimum atomic E-state index is -2.96. The second-order valence-corrected chi connectivity index (χ2v) is 10.7. The molecule has 0 atom stereocenters. The van der Waals surface area contributed by atoms with E-state index in [2.05, 4.69) is 9.88 Å². The number of aromatic nitrogens is 1. The Balaban J connectivity index is 1.48. The highest BCUT2D eigenvalue weighted by atomic mass is 32.2. The van der Waals surface area contributed by atoms with Crippen LogP contribution in [-0.2, 0) is 21.2 Å². The Bertz CT molecular complexity index is 993. The van der Waals surface area contributed by atoms with Gasteiger partial charge in [0, 0.05) is 50.4 Å². The van der Waals surface area contributed by atoms with Gasteiger partial charge in [0.15, 0.2) is 0 Å². The molecule has 1 aliphatic heterocycles. The zero-order chi connectivity index (χ0) is 21.6. The second kappa shape index (κ2) is 10.2. The number of sulfone groups is 1. The van der Waals surface area contributed by atoms with Crippen molar-refractivity contribution in [2.75, 3.05) is 44.7 Å². The van der Waals surface area contributed by atoms with E-state index in [4.69, 9.17) is 4.74 Å². The Kier molecular flexibility index (Phi) is 7.63. The number of amides is 1. The summed E-state index contributed by atoms with van der Waals surface area (Å²) in [4.78, 5) is 20.7. The number of ether oxygens (including phenoxy) is 1. The normalized spacial score (nSPS) is 15.6. The van der Waals surface area contributed by atoms with E-state index in [-0.39, 0.29) is 11.7 Å². The van der Waals surface area contributed by atoms with Crippen molar-refractivity contribution >= 4 is 33.2 Å². The molecule has 0 saturated carbocycles. The Morgan fingerprint density at radius 1 is 1.27 bits per heavy atom. The van der Waals surface area contributed by atoms with Gasteiger partial charge in [-0.25, -0.2) is 13.4 Å². The largest absolute Gasteiger partial charge is 0.487 e. The molecule has 162 valence electrons. The molecule has 1 aromatic carbocycles. The number of hydrogen-bond donors (Lipinski definition) is 0. The lowest BCUT2D eigenvalue weighted by Gasteiger charge is -2.34. The molecule has 7 nitrogen and oxygen atoms in total. The third-order valence-electron chi connectivity index (χ3n) is 4.79. The summed E-state index contributed by atoms with van der Waals surface area (Å²) in [5.74, 6) is 0.846. The van der Waals surface area contributed by atoms with Gasteiger partial charge in [0.2, 0.25) is 5.91 Å². The first-order valence-electron chi connectivity index (χ1n) is 9.79. The van der Waals surface area contributed by atoms with Gasteiger partial charge >= 0.3 is 0 Å². The molecule has 0 bridgehead atoms. The topological polar surface area (TPSA) is 79.8 Å². The lowest BCUT2D eigenvalue weighted by molar-refractivity contribution is -0.127. The lowest BCUT2D eigenvalue weighted by Crippen LogP contribution is -2.49. The first-order valence-corrected chi connectivity index (χ1v) is 12.7. The maximum absolute atomic E-state index is 12.5. The Labute approximate surface area is 181 Å². The number of aryl methyl sites for hydroxylation is 1. The van der Waals surface area contributed by atoms with E-state index in [9.17, 15) is 13.2 Å². The van der Waals surface area contributed by atoms with Crippen LogP contribution >= 0.6 is 11.3 Å². The van der Waals surface area contributed by atoms with Crippen LogP contribution in [0.4, 0.5) is 0 Å². The fraction of sp³-hybridized carbons (Fsp3) is 0.429. The van der Waals surface area contributed by atoms with Crippen LogP contribution in [0.3, 0.4) is 0 Å². The predicted molar refractivity (Wildman–Crippen MR) is 119 cm³/mol. The Hall–Kier alpha value is -2.23. The van der Waals surface area contributed by atoms with Crippen molar-refractivity contribution in [1.29, 1.82) is 0 Å². The van der Waals surface area contributed by atoms with E-state index in [1.165, 1.54) is 6.26 Å². The summed E-state index contributed by atoms with van der Waals surface area (Å²) in [7, 11) is -2.96. The molecule has 0 spiro atoms. The first-order chi connectivity index (χ1) is 14.3. The third-order valence-corrected chi connectivity index (χ3v) is 6.54. The number of rotatable bonds is 8. The summed E-state index contributed by atoms with van der Waals surface area (Å²) in [6, 6.07) is 7.60. The molecular formula is C21H27N3O4S2. The fourth-order valence-electron chi connectivity index (χ4n) is 3.10. The van der Waals surface area contributed by atoms with E-state index < -0.39 is 9.84 Å². The van der Waals surface area contributed by atoms with Gasteiger partial charge in [0.25, 0.3) is 0 Å². The zero-order valence-electron chi connectivity index (χ0n) is 17.3. The van der Waals surface area contributed by atoms with Crippen LogP contribution in [0.15, 0.2) is 35.7 Å². The molecule has 0 N–H and O–H groups in total. The van der Waals surface area contributed by atoms with E-state index in [0.717, 1.165) is 22.0 Å². The number of nitrogens with zero attached hydrogens (tertiary/aromatic N) is 3. The van der Waals surface area contributed by atoms with Crippen molar-refractivity contribution in [2.24, 2.45) is 0 Å². The summed E-state index contributed by atoms with van der Waals surface area (Å²) in [5.41, 5.74) is 1.80. The minimum absolute atomic E-state index is 0.0398. The van der Waals surface area contributed by atoms with E-state index in [1.807, 2.05) is 36.6 Å². The second-order valence-electron chi connectivity index (χ2n) is 7.35. The van der Waals surface area contributed by atoms with Crippen molar-refractivity contribution in [3.63, 3.8) is 0 Å². The number of thiazole rings is 1. The average Bonchev–Trinajstić information content (AvgIpc) is 3.14. The molecule has 0 radical (unpaired) electrons. The minimum Gasteiger partial charge on any atom is -0.487 e. The summed E-state index contributed by atoms with van der Waals surface area (Å²) < 4.78 is 28.4. The van der Waals surface area contributed by atoms with Crippen molar-refractivity contribution in [2.45, 2.75) is 13.5 Å².